The Labute approximate surface area is 193 Å². The lowest BCUT2D eigenvalue weighted by atomic mass is 9.97. The summed E-state index contributed by atoms with van der Waals surface area (Å²) in [5.41, 5.74) is 5.11. The molecule has 1 aromatic heterocycles. The van der Waals surface area contributed by atoms with Crippen molar-refractivity contribution in [3.63, 3.8) is 0 Å². The van der Waals surface area contributed by atoms with Crippen molar-refractivity contribution in [3.8, 4) is 34.3 Å². The second-order valence-corrected chi connectivity index (χ2v) is 9.43. The monoisotopic (exact) mass is 455 g/mol. The van der Waals surface area contributed by atoms with Gasteiger partial charge in [-0.25, -0.2) is 13.4 Å². The number of methoxy groups -OCH3 is 1. The molecule has 1 N–H and O–H groups in total. The molecule has 0 amide bonds. The van der Waals surface area contributed by atoms with Gasteiger partial charge in [-0.2, -0.15) is 5.26 Å². The summed E-state index contributed by atoms with van der Waals surface area (Å²) in [4.78, 5) is 4.84. The van der Waals surface area contributed by atoms with Crippen LogP contribution < -0.4 is 10.1 Å². The van der Waals surface area contributed by atoms with Crippen LogP contribution >= 0.6 is 0 Å². The number of hydrogen-bond acceptors (Lipinski definition) is 6. The first-order valence-electron chi connectivity index (χ1n) is 10.1. The normalized spacial score (nSPS) is 10.9. The van der Waals surface area contributed by atoms with E-state index in [1.54, 1.807) is 30.3 Å². The first-order chi connectivity index (χ1) is 15.9. The Kier molecular flexibility index (Phi) is 6.11. The minimum Gasteiger partial charge on any atom is -0.480 e. The summed E-state index contributed by atoms with van der Waals surface area (Å²) in [6.45, 7) is 0. The number of anilines is 2. The maximum Gasteiger partial charge on any atom is 0.232 e. The number of nitrogens with zero attached hydrogens (tertiary/aromatic N) is 2. The Balaban J connectivity index is 1.78. The molecule has 164 valence electrons. The van der Waals surface area contributed by atoms with Crippen LogP contribution in [-0.4, -0.2) is 26.8 Å². The highest BCUT2D eigenvalue weighted by Gasteiger charge is 2.16. The van der Waals surface area contributed by atoms with E-state index in [1.807, 2.05) is 54.6 Å². The molecular weight excluding hydrogens is 434 g/mol. The summed E-state index contributed by atoms with van der Waals surface area (Å²) in [6.07, 6.45) is 1.17. The van der Waals surface area contributed by atoms with E-state index in [9.17, 15) is 13.7 Å². The number of sulfone groups is 1. The second-order valence-electron chi connectivity index (χ2n) is 7.42. The van der Waals surface area contributed by atoms with E-state index in [0.29, 0.717) is 16.8 Å². The van der Waals surface area contributed by atoms with Gasteiger partial charge in [-0.15, -0.1) is 0 Å². The van der Waals surface area contributed by atoms with Gasteiger partial charge in [0.1, 0.15) is 11.6 Å². The number of para-hydroxylation sites is 1. The molecule has 1 heterocycles. The summed E-state index contributed by atoms with van der Waals surface area (Å²) in [5, 5.41) is 12.9. The minimum atomic E-state index is -3.31. The fourth-order valence-corrected chi connectivity index (χ4v) is 4.08. The van der Waals surface area contributed by atoms with E-state index >= 15 is 0 Å². The van der Waals surface area contributed by atoms with Gasteiger partial charge in [-0.1, -0.05) is 42.5 Å². The molecule has 0 spiro atoms. The summed E-state index contributed by atoms with van der Waals surface area (Å²) in [7, 11) is -1.84. The number of pyridine rings is 1. The third-order valence-electron chi connectivity index (χ3n) is 5.12. The van der Waals surface area contributed by atoms with Crippen LogP contribution in [0.3, 0.4) is 0 Å². The predicted octanol–water partition coefficient (Wildman–Crippen LogP) is 5.44. The van der Waals surface area contributed by atoms with E-state index in [0.717, 1.165) is 22.5 Å². The minimum absolute atomic E-state index is 0.228. The maximum atomic E-state index is 11.8. The molecule has 0 aliphatic heterocycles. The molecule has 0 saturated heterocycles. The molecule has 4 aromatic rings. The summed E-state index contributed by atoms with van der Waals surface area (Å²) in [5.74, 6) is 0.232. The van der Waals surface area contributed by atoms with Crippen molar-refractivity contribution in [2.24, 2.45) is 0 Å². The molecule has 4 rings (SSSR count). The van der Waals surface area contributed by atoms with Crippen LogP contribution in [0.4, 0.5) is 11.4 Å². The fraction of sp³-hybridized carbons (Fsp3) is 0.0769. The summed E-state index contributed by atoms with van der Waals surface area (Å²) in [6, 6.07) is 28.0. The SMILES string of the molecule is COc1nc(-c2ccc(Nc3ccccc3)cc2)c(-c2ccc(S(C)(=O)=O)cc2)cc1C#N. The number of hydrogen-bond donors (Lipinski definition) is 1. The largest absolute Gasteiger partial charge is 0.480 e. The molecule has 0 atom stereocenters. The zero-order chi connectivity index (χ0) is 23.4. The molecule has 0 unspecified atom stereocenters. The Bertz CT molecular complexity index is 1430. The van der Waals surface area contributed by atoms with Gasteiger partial charge in [0.2, 0.25) is 5.88 Å². The average Bonchev–Trinajstić information content (AvgIpc) is 2.84. The van der Waals surface area contributed by atoms with Gasteiger partial charge in [0.15, 0.2) is 9.84 Å². The zero-order valence-corrected chi connectivity index (χ0v) is 18.9. The van der Waals surface area contributed by atoms with E-state index in [4.69, 9.17) is 4.74 Å². The Morgan fingerprint density at radius 1 is 0.879 bits per heavy atom. The highest BCUT2D eigenvalue weighted by atomic mass is 32.2. The third kappa shape index (κ3) is 4.86. The van der Waals surface area contributed by atoms with E-state index in [2.05, 4.69) is 16.4 Å². The topological polar surface area (TPSA) is 92.1 Å². The highest BCUT2D eigenvalue weighted by Crippen LogP contribution is 2.35. The lowest BCUT2D eigenvalue weighted by molar-refractivity contribution is 0.397. The molecule has 7 heteroatoms. The molecule has 0 aliphatic rings. The average molecular weight is 456 g/mol. The number of nitriles is 1. The molecule has 0 aliphatic carbocycles. The quantitative estimate of drug-likeness (QED) is 0.416. The number of rotatable bonds is 6. The van der Waals surface area contributed by atoms with Gasteiger partial charge < -0.3 is 10.1 Å². The molecule has 0 bridgehead atoms. The van der Waals surface area contributed by atoms with Crippen molar-refractivity contribution in [1.29, 1.82) is 5.26 Å². The maximum absolute atomic E-state index is 11.8. The Morgan fingerprint density at radius 2 is 1.48 bits per heavy atom. The van der Waals surface area contributed by atoms with Gasteiger partial charge in [0, 0.05) is 28.8 Å². The van der Waals surface area contributed by atoms with Crippen LogP contribution in [0, 0.1) is 11.3 Å². The number of aromatic nitrogens is 1. The molecule has 0 saturated carbocycles. The summed E-state index contributed by atoms with van der Waals surface area (Å²) >= 11 is 0. The van der Waals surface area contributed by atoms with E-state index in [-0.39, 0.29) is 10.8 Å². The number of benzene rings is 3. The van der Waals surface area contributed by atoms with Gasteiger partial charge in [0.25, 0.3) is 0 Å². The Morgan fingerprint density at radius 3 is 2.06 bits per heavy atom. The fourth-order valence-electron chi connectivity index (χ4n) is 3.45. The predicted molar refractivity (Wildman–Crippen MR) is 129 cm³/mol. The van der Waals surface area contributed by atoms with Crippen LogP contribution in [0.25, 0.3) is 22.4 Å². The van der Waals surface area contributed by atoms with E-state index < -0.39 is 9.84 Å². The number of nitrogens with one attached hydrogen (secondary N) is 1. The van der Waals surface area contributed by atoms with Crippen LogP contribution in [-0.2, 0) is 9.84 Å². The number of ether oxygens (including phenoxy) is 1. The molecule has 0 fully saturated rings. The second kappa shape index (κ2) is 9.15. The standard InChI is InChI=1S/C26H21N3O3S/c1-32-26-20(17-27)16-24(18-10-14-23(15-11-18)33(2,30)31)25(29-26)19-8-12-22(13-9-19)28-21-6-4-3-5-7-21/h3-16,28H,1-2H3. The van der Waals surface area contributed by atoms with Crippen LogP contribution in [0.1, 0.15) is 5.56 Å². The third-order valence-corrected chi connectivity index (χ3v) is 6.24. The van der Waals surface area contributed by atoms with Gasteiger partial charge in [0.05, 0.1) is 17.7 Å². The van der Waals surface area contributed by atoms with Crippen LogP contribution in [0.2, 0.25) is 0 Å². The van der Waals surface area contributed by atoms with Crippen molar-refractivity contribution in [2.75, 3.05) is 18.7 Å². The lowest BCUT2D eigenvalue weighted by Crippen LogP contribution is -1.99. The van der Waals surface area contributed by atoms with Crippen LogP contribution in [0.5, 0.6) is 5.88 Å². The first kappa shape index (κ1) is 22.1. The van der Waals surface area contributed by atoms with Gasteiger partial charge >= 0.3 is 0 Å². The smallest absolute Gasteiger partial charge is 0.232 e. The van der Waals surface area contributed by atoms with Crippen molar-refractivity contribution in [1.82, 2.24) is 4.98 Å². The molecule has 3 aromatic carbocycles. The van der Waals surface area contributed by atoms with Crippen LogP contribution in [0.15, 0.2) is 89.8 Å². The molecule has 33 heavy (non-hydrogen) atoms. The highest BCUT2D eigenvalue weighted by molar-refractivity contribution is 7.90. The van der Waals surface area contributed by atoms with Crippen molar-refractivity contribution in [3.05, 3.63) is 90.5 Å². The molecule has 6 nitrogen and oxygen atoms in total. The molecular formula is C26H21N3O3S. The first-order valence-corrected chi connectivity index (χ1v) is 12.0. The summed E-state index contributed by atoms with van der Waals surface area (Å²) < 4.78 is 29.0. The van der Waals surface area contributed by atoms with Crippen molar-refractivity contribution < 1.29 is 13.2 Å². The zero-order valence-electron chi connectivity index (χ0n) is 18.1. The van der Waals surface area contributed by atoms with Crippen molar-refractivity contribution in [2.45, 2.75) is 4.90 Å². The molecule has 0 radical (unpaired) electrons. The van der Waals surface area contributed by atoms with Gasteiger partial charge in [-0.3, -0.25) is 0 Å². The van der Waals surface area contributed by atoms with Gasteiger partial charge in [-0.05, 0) is 48.0 Å². The lowest BCUT2D eigenvalue weighted by Gasteiger charge is -2.14. The Hall–Kier alpha value is -4.15. The van der Waals surface area contributed by atoms with E-state index in [1.165, 1.54) is 13.4 Å². The van der Waals surface area contributed by atoms with Crippen molar-refractivity contribution >= 4 is 21.2 Å².